The molecule has 1 unspecified atom stereocenters. The van der Waals surface area contributed by atoms with Crippen LogP contribution in [0.15, 0.2) is 12.4 Å². The van der Waals surface area contributed by atoms with Gasteiger partial charge in [0.1, 0.15) is 12.1 Å². The number of aromatic nitrogens is 2. The predicted molar refractivity (Wildman–Crippen MR) is 41.9 cm³/mol. The fourth-order valence-electron chi connectivity index (χ4n) is 0.776. The minimum absolute atomic E-state index is 0.190. The summed E-state index contributed by atoms with van der Waals surface area (Å²) >= 11 is 0. The van der Waals surface area contributed by atoms with Crippen LogP contribution in [0.1, 0.15) is 12.7 Å². The first-order valence-electron chi connectivity index (χ1n) is 3.64. The van der Waals surface area contributed by atoms with Crippen molar-refractivity contribution in [3.63, 3.8) is 0 Å². The van der Waals surface area contributed by atoms with Crippen molar-refractivity contribution in [1.29, 1.82) is 0 Å². The standard InChI is InChI=1S/C7H13N3O/c1-6(8)11-5-2-7-9-3-4-10-7/h3-4,6H,2,5,8H2,1H3,(H,9,10). The lowest BCUT2D eigenvalue weighted by atomic mass is 10.4. The Balaban J connectivity index is 2.14. The van der Waals surface area contributed by atoms with E-state index in [2.05, 4.69) is 9.97 Å². The summed E-state index contributed by atoms with van der Waals surface area (Å²) in [6, 6.07) is 0. The Hall–Kier alpha value is -0.870. The number of imidazole rings is 1. The van der Waals surface area contributed by atoms with Crippen molar-refractivity contribution in [2.45, 2.75) is 19.6 Å². The molecular formula is C7H13N3O. The van der Waals surface area contributed by atoms with E-state index in [-0.39, 0.29) is 6.23 Å². The molecule has 1 atom stereocenters. The normalized spacial score (nSPS) is 13.3. The summed E-state index contributed by atoms with van der Waals surface area (Å²) in [5.41, 5.74) is 5.38. The van der Waals surface area contributed by atoms with Crippen LogP contribution in [0.5, 0.6) is 0 Å². The number of rotatable bonds is 4. The number of nitrogens with two attached hydrogens (primary N) is 1. The van der Waals surface area contributed by atoms with Gasteiger partial charge in [0.05, 0.1) is 6.61 Å². The second-order valence-corrected chi connectivity index (χ2v) is 2.36. The molecule has 0 aliphatic rings. The van der Waals surface area contributed by atoms with Crippen LogP contribution in [-0.2, 0) is 11.2 Å². The molecule has 0 fully saturated rings. The maximum Gasteiger partial charge on any atom is 0.108 e. The maximum atomic E-state index is 5.38. The molecule has 4 nitrogen and oxygen atoms in total. The number of hydrogen-bond donors (Lipinski definition) is 2. The minimum Gasteiger partial charge on any atom is -0.363 e. The third kappa shape index (κ3) is 3.15. The van der Waals surface area contributed by atoms with E-state index >= 15 is 0 Å². The van der Waals surface area contributed by atoms with Gasteiger partial charge in [-0.1, -0.05) is 0 Å². The molecule has 0 radical (unpaired) electrons. The monoisotopic (exact) mass is 155 g/mol. The molecule has 1 rings (SSSR count). The van der Waals surface area contributed by atoms with Crippen LogP contribution in [0.2, 0.25) is 0 Å². The van der Waals surface area contributed by atoms with Gasteiger partial charge in [-0.15, -0.1) is 0 Å². The lowest BCUT2D eigenvalue weighted by Gasteiger charge is -2.04. The third-order valence-electron chi connectivity index (χ3n) is 1.27. The van der Waals surface area contributed by atoms with Crippen LogP contribution >= 0.6 is 0 Å². The highest BCUT2D eigenvalue weighted by atomic mass is 16.5. The summed E-state index contributed by atoms with van der Waals surface area (Å²) in [4.78, 5) is 7.02. The molecule has 1 aromatic heterocycles. The molecule has 0 amide bonds. The van der Waals surface area contributed by atoms with Gasteiger partial charge in [-0.3, -0.25) is 0 Å². The number of aromatic amines is 1. The molecule has 0 bridgehead atoms. The van der Waals surface area contributed by atoms with Gasteiger partial charge in [-0.2, -0.15) is 0 Å². The molecule has 1 heterocycles. The Bertz CT molecular complexity index is 184. The zero-order valence-corrected chi connectivity index (χ0v) is 6.58. The fourth-order valence-corrected chi connectivity index (χ4v) is 0.776. The highest BCUT2D eigenvalue weighted by molar-refractivity contribution is 4.86. The van der Waals surface area contributed by atoms with Crippen molar-refractivity contribution in [2.24, 2.45) is 5.73 Å². The summed E-state index contributed by atoms with van der Waals surface area (Å²) in [5, 5.41) is 0. The molecule has 0 saturated heterocycles. The third-order valence-corrected chi connectivity index (χ3v) is 1.27. The summed E-state index contributed by atoms with van der Waals surface area (Å²) in [6.45, 7) is 2.42. The molecule has 4 heteroatoms. The number of H-pyrrole nitrogens is 1. The number of hydrogen-bond acceptors (Lipinski definition) is 3. The summed E-state index contributed by atoms with van der Waals surface area (Å²) in [5.74, 6) is 0.936. The van der Waals surface area contributed by atoms with Crippen molar-refractivity contribution in [1.82, 2.24) is 9.97 Å². The summed E-state index contributed by atoms with van der Waals surface area (Å²) in [7, 11) is 0. The van der Waals surface area contributed by atoms with Gasteiger partial charge < -0.3 is 15.5 Å². The molecule has 0 aromatic carbocycles. The van der Waals surface area contributed by atoms with E-state index in [1.165, 1.54) is 0 Å². The van der Waals surface area contributed by atoms with Crippen LogP contribution in [0.25, 0.3) is 0 Å². The number of ether oxygens (including phenoxy) is 1. The van der Waals surface area contributed by atoms with E-state index < -0.39 is 0 Å². The topological polar surface area (TPSA) is 63.9 Å². The Morgan fingerprint density at radius 2 is 2.64 bits per heavy atom. The van der Waals surface area contributed by atoms with Gasteiger partial charge in [-0.05, 0) is 6.92 Å². The molecule has 3 N–H and O–H groups in total. The largest absolute Gasteiger partial charge is 0.363 e. The molecule has 62 valence electrons. The molecule has 0 aliphatic carbocycles. The quantitative estimate of drug-likeness (QED) is 0.613. The minimum atomic E-state index is -0.190. The van der Waals surface area contributed by atoms with E-state index in [1.807, 2.05) is 6.92 Å². The van der Waals surface area contributed by atoms with E-state index in [0.717, 1.165) is 12.2 Å². The van der Waals surface area contributed by atoms with Gasteiger partial charge in [-0.25, -0.2) is 4.98 Å². The first-order chi connectivity index (χ1) is 5.29. The lowest BCUT2D eigenvalue weighted by Crippen LogP contribution is -2.20. The van der Waals surface area contributed by atoms with E-state index in [0.29, 0.717) is 6.61 Å². The van der Waals surface area contributed by atoms with Gasteiger partial charge in [0.15, 0.2) is 0 Å². The first kappa shape index (κ1) is 8.23. The maximum absolute atomic E-state index is 5.38. The summed E-state index contributed by atoms with van der Waals surface area (Å²) in [6.07, 6.45) is 4.11. The SMILES string of the molecule is CC(N)OCCc1ncc[nH]1. The van der Waals surface area contributed by atoms with Crippen LogP contribution in [0, 0.1) is 0 Å². The van der Waals surface area contributed by atoms with Crippen LogP contribution in [-0.4, -0.2) is 22.8 Å². The summed E-state index contributed by atoms with van der Waals surface area (Å²) < 4.78 is 5.13. The zero-order valence-electron chi connectivity index (χ0n) is 6.58. The number of nitrogens with one attached hydrogen (secondary N) is 1. The molecule has 1 aromatic rings. The van der Waals surface area contributed by atoms with Gasteiger partial charge >= 0.3 is 0 Å². The number of nitrogens with zero attached hydrogens (tertiary/aromatic N) is 1. The van der Waals surface area contributed by atoms with Crippen molar-refractivity contribution in [2.75, 3.05) is 6.61 Å². The molecule has 0 saturated carbocycles. The Kier molecular flexibility index (Phi) is 3.07. The van der Waals surface area contributed by atoms with Crippen molar-refractivity contribution >= 4 is 0 Å². The highest BCUT2D eigenvalue weighted by Gasteiger charge is 1.96. The Labute approximate surface area is 65.8 Å². The first-order valence-corrected chi connectivity index (χ1v) is 3.64. The van der Waals surface area contributed by atoms with Gasteiger partial charge in [0.2, 0.25) is 0 Å². The van der Waals surface area contributed by atoms with Crippen LogP contribution < -0.4 is 5.73 Å². The van der Waals surface area contributed by atoms with E-state index in [4.69, 9.17) is 10.5 Å². The van der Waals surface area contributed by atoms with E-state index in [1.54, 1.807) is 12.4 Å². The zero-order chi connectivity index (χ0) is 8.10. The molecule has 0 aliphatic heterocycles. The van der Waals surface area contributed by atoms with E-state index in [9.17, 15) is 0 Å². The van der Waals surface area contributed by atoms with Crippen LogP contribution in [0.3, 0.4) is 0 Å². The van der Waals surface area contributed by atoms with Crippen molar-refractivity contribution < 1.29 is 4.74 Å². The Morgan fingerprint density at radius 1 is 1.82 bits per heavy atom. The van der Waals surface area contributed by atoms with Crippen molar-refractivity contribution in [3.8, 4) is 0 Å². The second kappa shape index (κ2) is 4.10. The molecule has 11 heavy (non-hydrogen) atoms. The average molecular weight is 155 g/mol. The van der Waals surface area contributed by atoms with Gasteiger partial charge in [0.25, 0.3) is 0 Å². The van der Waals surface area contributed by atoms with Crippen LogP contribution in [0.4, 0.5) is 0 Å². The smallest absolute Gasteiger partial charge is 0.108 e. The second-order valence-electron chi connectivity index (χ2n) is 2.36. The predicted octanol–water partition coefficient (Wildman–Crippen LogP) is 0.273. The molecule has 0 spiro atoms. The lowest BCUT2D eigenvalue weighted by molar-refractivity contribution is 0.0723. The van der Waals surface area contributed by atoms with Crippen molar-refractivity contribution in [3.05, 3.63) is 18.2 Å². The fraction of sp³-hybridized carbons (Fsp3) is 0.571. The average Bonchev–Trinajstić information content (AvgIpc) is 2.39. The highest BCUT2D eigenvalue weighted by Crippen LogP contribution is 1.91. The Morgan fingerprint density at radius 3 is 3.18 bits per heavy atom. The van der Waals surface area contributed by atoms with Gasteiger partial charge in [0, 0.05) is 18.8 Å². The molecular weight excluding hydrogens is 142 g/mol.